The lowest BCUT2D eigenvalue weighted by Crippen LogP contribution is -2.49. The smallest absolute Gasteiger partial charge is 0.314 e. The number of para-hydroxylation sites is 1. The lowest BCUT2D eigenvalue weighted by molar-refractivity contribution is -0.145. The Bertz CT molecular complexity index is 1020. The van der Waals surface area contributed by atoms with Gasteiger partial charge in [-0.05, 0) is 37.5 Å². The van der Waals surface area contributed by atoms with Gasteiger partial charge in [0, 0.05) is 13.1 Å². The van der Waals surface area contributed by atoms with Crippen molar-refractivity contribution >= 4 is 11.9 Å². The Morgan fingerprint density at radius 3 is 2.14 bits per heavy atom. The normalized spacial score (nSPS) is 15.8. The van der Waals surface area contributed by atoms with Crippen LogP contribution in [0.15, 0.2) is 60.7 Å². The number of hydrogen-bond donors (Lipinski definition) is 1. The van der Waals surface area contributed by atoms with Gasteiger partial charge in [-0.1, -0.05) is 53.7 Å². The maximum absolute atomic E-state index is 13.0. The molecule has 3 aromatic rings. The van der Waals surface area contributed by atoms with Crippen LogP contribution in [0.2, 0.25) is 0 Å². The van der Waals surface area contributed by atoms with Crippen LogP contribution >= 0.6 is 0 Å². The molecule has 0 saturated carbocycles. The summed E-state index contributed by atoms with van der Waals surface area (Å²) < 4.78 is 1.64. The summed E-state index contributed by atoms with van der Waals surface area (Å²) in [5, 5.41) is 18.2. The molecule has 7 nitrogen and oxygen atoms in total. The number of amides is 1. The molecule has 2 aromatic carbocycles. The molecule has 0 unspecified atom stereocenters. The van der Waals surface area contributed by atoms with Gasteiger partial charge in [0.05, 0.1) is 16.8 Å². The molecule has 1 aromatic heterocycles. The number of carboxylic acids is 1. The minimum atomic E-state index is -0.964. The van der Waals surface area contributed by atoms with Crippen LogP contribution in [0, 0.1) is 6.92 Å². The summed E-state index contributed by atoms with van der Waals surface area (Å²) in [6.07, 6.45) is 0.730. The van der Waals surface area contributed by atoms with E-state index in [0.717, 1.165) is 11.3 Å². The lowest BCUT2D eigenvalue weighted by Gasteiger charge is -2.39. The molecule has 0 aliphatic carbocycles. The molecule has 0 bridgehead atoms. The third-order valence-corrected chi connectivity index (χ3v) is 5.74. The van der Waals surface area contributed by atoms with E-state index >= 15 is 0 Å². The predicted molar refractivity (Wildman–Crippen MR) is 107 cm³/mol. The van der Waals surface area contributed by atoms with Gasteiger partial charge >= 0.3 is 5.97 Å². The SMILES string of the molecule is Cc1c(C(=O)N2CCC(C(=O)O)(c3ccccc3)CC2)nnn1-c1ccccc1. The quantitative estimate of drug-likeness (QED) is 0.740. The molecule has 1 saturated heterocycles. The topological polar surface area (TPSA) is 88.3 Å². The zero-order valence-corrected chi connectivity index (χ0v) is 16.2. The van der Waals surface area contributed by atoms with Crippen LogP contribution in [0.25, 0.3) is 5.69 Å². The molecular formula is C22H22N4O3. The molecule has 1 N–H and O–H groups in total. The van der Waals surface area contributed by atoms with Gasteiger partial charge in [-0.25, -0.2) is 4.68 Å². The molecular weight excluding hydrogens is 368 g/mol. The number of hydrogen-bond acceptors (Lipinski definition) is 4. The minimum Gasteiger partial charge on any atom is -0.481 e. The summed E-state index contributed by atoms with van der Waals surface area (Å²) in [7, 11) is 0. The first-order valence-corrected chi connectivity index (χ1v) is 9.59. The van der Waals surface area contributed by atoms with Crippen LogP contribution in [0.5, 0.6) is 0 Å². The van der Waals surface area contributed by atoms with Crippen LogP contribution in [0.4, 0.5) is 0 Å². The summed E-state index contributed by atoms with van der Waals surface area (Å²) in [5.41, 5.74) is 1.63. The standard InChI is InChI=1S/C22H22N4O3/c1-16-19(23-24-26(16)18-10-6-3-7-11-18)20(27)25-14-12-22(13-15-25,21(28)29)17-8-4-2-5-9-17/h2-11H,12-15H2,1H3,(H,28,29). The minimum absolute atomic E-state index is 0.211. The van der Waals surface area contributed by atoms with Crippen molar-refractivity contribution in [3.63, 3.8) is 0 Å². The summed E-state index contributed by atoms with van der Waals surface area (Å²) in [4.78, 5) is 26.8. The van der Waals surface area contributed by atoms with Gasteiger partial charge in [-0.2, -0.15) is 0 Å². The predicted octanol–water partition coefficient (Wildman–Crippen LogP) is 2.83. The second kappa shape index (κ2) is 7.50. The Labute approximate surface area is 168 Å². The van der Waals surface area contributed by atoms with Crippen LogP contribution in [-0.2, 0) is 10.2 Å². The number of benzene rings is 2. The fourth-order valence-corrected chi connectivity index (χ4v) is 3.97. The molecule has 0 atom stereocenters. The highest BCUT2D eigenvalue weighted by Crippen LogP contribution is 2.36. The Balaban J connectivity index is 1.54. The Morgan fingerprint density at radius 2 is 1.55 bits per heavy atom. The Morgan fingerprint density at radius 1 is 0.966 bits per heavy atom. The van der Waals surface area contributed by atoms with Gasteiger partial charge in [0.15, 0.2) is 5.69 Å². The van der Waals surface area contributed by atoms with Crippen molar-refractivity contribution in [2.45, 2.75) is 25.2 Å². The molecule has 4 rings (SSSR count). The number of aliphatic carboxylic acids is 1. The highest BCUT2D eigenvalue weighted by Gasteiger charge is 2.44. The van der Waals surface area contributed by atoms with Gasteiger partial charge < -0.3 is 10.0 Å². The summed E-state index contributed by atoms with van der Waals surface area (Å²) >= 11 is 0. The molecule has 1 amide bonds. The Hall–Kier alpha value is -3.48. The molecule has 0 radical (unpaired) electrons. The van der Waals surface area contributed by atoms with Crippen LogP contribution in [0.1, 0.15) is 34.6 Å². The molecule has 1 aliphatic rings. The van der Waals surface area contributed by atoms with Gasteiger partial charge in [0.25, 0.3) is 5.91 Å². The zero-order chi connectivity index (χ0) is 20.4. The average molecular weight is 390 g/mol. The average Bonchev–Trinajstić information content (AvgIpc) is 3.15. The van der Waals surface area contributed by atoms with Crippen LogP contribution < -0.4 is 0 Å². The van der Waals surface area contributed by atoms with Crippen molar-refractivity contribution in [3.8, 4) is 5.69 Å². The molecule has 1 aliphatic heterocycles. The third-order valence-electron chi connectivity index (χ3n) is 5.74. The van der Waals surface area contributed by atoms with E-state index in [2.05, 4.69) is 10.3 Å². The van der Waals surface area contributed by atoms with E-state index in [-0.39, 0.29) is 5.91 Å². The fraction of sp³-hybridized carbons (Fsp3) is 0.273. The number of carboxylic acid groups (broad SMARTS) is 1. The fourth-order valence-electron chi connectivity index (χ4n) is 3.97. The number of rotatable bonds is 4. The van der Waals surface area contributed by atoms with Gasteiger partial charge in [-0.3, -0.25) is 9.59 Å². The van der Waals surface area contributed by atoms with E-state index in [4.69, 9.17) is 0 Å². The Kier molecular flexibility index (Phi) is 4.88. The first kappa shape index (κ1) is 18.9. The third kappa shape index (κ3) is 3.29. The monoisotopic (exact) mass is 390 g/mol. The highest BCUT2D eigenvalue weighted by atomic mass is 16.4. The summed E-state index contributed by atoms with van der Waals surface area (Å²) in [6.45, 7) is 2.53. The zero-order valence-electron chi connectivity index (χ0n) is 16.2. The summed E-state index contributed by atoms with van der Waals surface area (Å²) in [6, 6.07) is 18.8. The van der Waals surface area contributed by atoms with Crippen molar-refractivity contribution in [3.05, 3.63) is 77.6 Å². The number of piperidine rings is 1. The second-order valence-electron chi connectivity index (χ2n) is 7.32. The van der Waals surface area contributed by atoms with E-state index in [0.29, 0.717) is 37.3 Å². The first-order valence-electron chi connectivity index (χ1n) is 9.59. The number of carbonyl (C=O) groups is 2. The van der Waals surface area contributed by atoms with Crippen molar-refractivity contribution < 1.29 is 14.7 Å². The lowest BCUT2D eigenvalue weighted by atomic mass is 9.73. The van der Waals surface area contributed by atoms with E-state index < -0.39 is 11.4 Å². The van der Waals surface area contributed by atoms with Crippen molar-refractivity contribution in [1.29, 1.82) is 0 Å². The van der Waals surface area contributed by atoms with Crippen molar-refractivity contribution in [2.24, 2.45) is 0 Å². The van der Waals surface area contributed by atoms with Gasteiger partial charge in [0.2, 0.25) is 0 Å². The second-order valence-corrected chi connectivity index (χ2v) is 7.32. The maximum Gasteiger partial charge on any atom is 0.314 e. The molecule has 2 heterocycles. The number of carbonyl (C=O) groups excluding carboxylic acids is 1. The molecule has 7 heteroatoms. The van der Waals surface area contributed by atoms with Gasteiger partial charge in [-0.15, -0.1) is 5.10 Å². The van der Waals surface area contributed by atoms with Crippen molar-refractivity contribution in [2.75, 3.05) is 13.1 Å². The van der Waals surface area contributed by atoms with Crippen LogP contribution in [-0.4, -0.2) is 50.0 Å². The van der Waals surface area contributed by atoms with Crippen molar-refractivity contribution in [1.82, 2.24) is 19.9 Å². The molecule has 148 valence electrons. The van der Waals surface area contributed by atoms with Gasteiger partial charge in [0.1, 0.15) is 0 Å². The van der Waals surface area contributed by atoms with Crippen LogP contribution in [0.3, 0.4) is 0 Å². The van der Waals surface area contributed by atoms with E-state index in [1.54, 1.807) is 9.58 Å². The molecule has 29 heavy (non-hydrogen) atoms. The molecule has 1 fully saturated rings. The number of aromatic nitrogens is 3. The summed E-state index contributed by atoms with van der Waals surface area (Å²) in [5.74, 6) is -1.06. The number of likely N-dealkylation sites (tertiary alicyclic amines) is 1. The number of nitrogens with zero attached hydrogens (tertiary/aromatic N) is 4. The largest absolute Gasteiger partial charge is 0.481 e. The maximum atomic E-state index is 13.0. The van der Waals surface area contributed by atoms with E-state index in [1.807, 2.05) is 67.6 Å². The first-order chi connectivity index (χ1) is 14.0. The molecule has 0 spiro atoms. The van der Waals surface area contributed by atoms with E-state index in [9.17, 15) is 14.7 Å². The highest BCUT2D eigenvalue weighted by molar-refractivity contribution is 5.93. The van der Waals surface area contributed by atoms with E-state index in [1.165, 1.54) is 0 Å².